The highest BCUT2D eigenvalue weighted by Gasteiger charge is 2.41. The summed E-state index contributed by atoms with van der Waals surface area (Å²) in [6.07, 6.45) is 3.06. The van der Waals surface area contributed by atoms with Gasteiger partial charge in [0.2, 0.25) is 0 Å². The molecule has 0 spiro atoms. The van der Waals surface area contributed by atoms with Crippen molar-refractivity contribution in [3.05, 3.63) is 0 Å². The van der Waals surface area contributed by atoms with Gasteiger partial charge in [-0.05, 0) is 19.3 Å². The van der Waals surface area contributed by atoms with Crippen molar-refractivity contribution in [1.29, 1.82) is 0 Å². The Morgan fingerprint density at radius 3 is 1.26 bits per heavy atom. The average molecular weight is 307 g/mol. The van der Waals surface area contributed by atoms with Gasteiger partial charge in [0.1, 0.15) is 0 Å². The van der Waals surface area contributed by atoms with E-state index in [2.05, 4.69) is 40.4 Å². The fourth-order valence-electron chi connectivity index (χ4n) is 1.64. The molecule has 0 heterocycles. The molecule has 0 aromatic heterocycles. The SMILES string of the molecule is CCCO[Si](CC[Si](C)(C)C)(OCCC)OCCC. The third-order valence-electron chi connectivity index (χ3n) is 2.76. The molecule has 0 rings (SSSR count). The van der Waals surface area contributed by atoms with Gasteiger partial charge in [-0.2, -0.15) is 0 Å². The maximum atomic E-state index is 6.10. The summed E-state index contributed by atoms with van der Waals surface area (Å²) in [7, 11) is -3.52. The van der Waals surface area contributed by atoms with Crippen molar-refractivity contribution < 1.29 is 13.3 Å². The first kappa shape index (κ1) is 19.3. The maximum Gasteiger partial charge on any atom is 0.500 e. The number of hydrogen-bond donors (Lipinski definition) is 0. The van der Waals surface area contributed by atoms with E-state index in [1.807, 2.05) is 0 Å². The van der Waals surface area contributed by atoms with Gasteiger partial charge in [-0.25, -0.2) is 0 Å². The van der Waals surface area contributed by atoms with Gasteiger partial charge in [-0.1, -0.05) is 46.5 Å². The third-order valence-corrected chi connectivity index (χ3v) is 7.80. The minimum absolute atomic E-state index is 0.755. The van der Waals surface area contributed by atoms with E-state index in [4.69, 9.17) is 13.3 Å². The highest BCUT2D eigenvalue weighted by molar-refractivity contribution is 6.77. The van der Waals surface area contributed by atoms with Crippen molar-refractivity contribution in [1.82, 2.24) is 0 Å². The zero-order chi connectivity index (χ0) is 14.8. The normalized spacial score (nSPS) is 12.9. The molecule has 116 valence electrons. The molecule has 19 heavy (non-hydrogen) atoms. The zero-order valence-corrected chi connectivity index (χ0v) is 15.9. The van der Waals surface area contributed by atoms with Crippen LogP contribution in [0.1, 0.15) is 40.0 Å². The van der Waals surface area contributed by atoms with Crippen molar-refractivity contribution in [2.45, 2.75) is 71.8 Å². The van der Waals surface area contributed by atoms with Gasteiger partial charge in [0.15, 0.2) is 0 Å². The predicted octanol–water partition coefficient (Wildman–Crippen LogP) is 4.54. The summed E-state index contributed by atoms with van der Waals surface area (Å²) in [6.45, 7) is 15.9. The van der Waals surface area contributed by atoms with Crippen molar-refractivity contribution >= 4 is 16.9 Å². The second kappa shape index (κ2) is 10.1. The minimum Gasteiger partial charge on any atom is -0.373 e. The van der Waals surface area contributed by atoms with Gasteiger partial charge < -0.3 is 13.3 Å². The molecule has 0 aromatic carbocycles. The summed E-state index contributed by atoms with van der Waals surface area (Å²) in [5.74, 6) is 0. The van der Waals surface area contributed by atoms with Gasteiger partial charge in [0.25, 0.3) is 0 Å². The van der Waals surface area contributed by atoms with E-state index >= 15 is 0 Å². The molecule has 0 fully saturated rings. The molecule has 0 N–H and O–H groups in total. The zero-order valence-electron chi connectivity index (χ0n) is 13.9. The number of hydrogen-bond acceptors (Lipinski definition) is 3. The quantitative estimate of drug-likeness (QED) is 0.495. The lowest BCUT2D eigenvalue weighted by Gasteiger charge is -2.31. The van der Waals surface area contributed by atoms with E-state index in [9.17, 15) is 0 Å². The summed E-state index contributed by atoms with van der Waals surface area (Å²) >= 11 is 0. The Balaban J connectivity index is 4.66. The van der Waals surface area contributed by atoms with Crippen LogP contribution >= 0.6 is 0 Å². The van der Waals surface area contributed by atoms with Crippen molar-refractivity contribution in [3.63, 3.8) is 0 Å². The lowest BCUT2D eigenvalue weighted by atomic mass is 10.5. The Morgan fingerprint density at radius 2 is 1.00 bits per heavy atom. The van der Waals surface area contributed by atoms with E-state index in [-0.39, 0.29) is 0 Å². The average Bonchev–Trinajstić information content (AvgIpc) is 2.36. The standard InChI is InChI=1S/C14H34O3Si2/c1-7-10-15-19(16-11-8-2,17-12-9-3)14-13-18(4,5)6/h7-14H2,1-6H3. The molecular formula is C14H34O3Si2. The van der Waals surface area contributed by atoms with E-state index < -0.39 is 16.9 Å². The van der Waals surface area contributed by atoms with E-state index in [1.165, 1.54) is 6.04 Å². The summed E-state index contributed by atoms with van der Waals surface area (Å²) in [6, 6.07) is 2.21. The molecule has 3 nitrogen and oxygen atoms in total. The fourth-order valence-corrected chi connectivity index (χ4v) is 8.10. The monoisotopic (exact) mass is 306 g/mol. The van der Waals surface area contributed by atoms with Crippen LogP contribution in [0.2, 0.25) is 31.7 Å². The van der Waals surface area contributed by atoms with Crippen molar-refractivity contribution in [2.75, 3.05) is 19.8 Å². The van der Waals surface area contributed by atoms with Crippen LogP contribution in [-0.2, 0) is 13.3 Å². The Labute approximate surface area is 122 Å². The Morgan fingerprint density at radius 1 is 0.632 bits per heavy atom. The molecule has 0 unspecified atom stereocenters. The lowest BCUT2D eigenvalue weighted by molar-refractivity contribution is 0.0603. The van der Waals surface area contributed by atoms with Crippen LogP contribution in [0.3, 0.4) is 0 Å². The molecule has 0 aliphatic heterocycles. The molecule has 0 radical (unpaired) electrons. The van der Waals surface area contributed by atoms with Crippen LogP contribution in [0, 0.1) is 0 Å². The van der Waals surface area contributed by atoms with Crippen LogP contribution < -0.4 is 0 Å². The van der Waals surface area contributed by atoms with Crippen LogP contribution in [0.4, 0.5) is 0 Å². The van der Waals surface area contributed by atoms with E-state index in [0.29, 0.717) is 0 Å². The number of rotatable bonds is 12. The largest absolute Gasteiger partial charge is 0.500 e. The highest BCUT2D eigenvalue weighted by Crippen LogP contribution is 2.24. The molecule has 5 heteroatoms. The second-order valence-corrected chi connectivity index (χ2v) is 14.6. The predicted molar refractivity (Wildman–Crippen MR) is 87.4 cm³/mol. The summed E-state index contributed by atoms with van der Waals surface area (Å²) in [5, 5.41) is 0. The van der Waals surface area contributed by atoms with Crippen LogP contribution in [0.5, 0.6) is 0 Å². The summed E-state index contributed by atoms with van der Waals surface area (Å²) in [4.78, 5) is 0. The Bertz CT molecular complexity index is 195. The second-order valence-electron chi connectivity index (χ2n) is 6.29. The molecule has 0 saturated carbocycles. The van der Waals surface area contributed by atoms with E-state index in [0.717, 1.165) is 45.1 Å². The molecule has 0 atom stereocenters. The summed E-state index contributed by atoms with van der Waals surface area (Å²) in [5.41, 5.74) is 0. The van der Waals surface area contributed by atoms with Crippen molar-refractivity contribution in [2.24, 2.45) is 0 Å². The molecule has 0 aliphatic carbocycles. The first-order valence-electron chi connectivity index (χ1n) is 7.81. The lowest BCUT2D eigenvalue weighted by Crippen LogP contribution is -2.47. The van der Waals surface area contributed by atoms with Gasteiger partial charge in [-0.3, -0.25) is 0 Å². The van der Waals surface area contributed by atoms with Gasteiger partial charge >= 0.3 is 8.80 Å². The third kappa shape index (κ3) is 9.79. The smallest absolute Gasteiger partial charge is 0.373 e. The highest BCUT2D eigenvalue weighted by atomic mass is 28.4. The maximum absolute atomic E-state index is 6.10. The molecule has 0 aromatic rings. The first-order chi connectivity index (χ1) is 8.89. The Hall–Kier alpha value is 0.314. The molecule has 0 saturated heterocycles. The Kier molecular flexibility index (Phi) is 10.3. The van der Waals surface area contributed by atoms with Crippen LogP contribution in [0.25, 0.3) is 0 Å². The van der Waals surface area contributed by atoms with Crippen LogP contribution in [-0.4, -0.2) is 36.7 Å². The van der Waals surface area contributed by atoms with Crippen LogP contribution in [0.15, 0.2) is 0 Å². The molecular weight excluding hydrogens is 272 g/mol. The van der Waals surface area contributed by atoms with E-state index in [1.54, 1.807) is 0 Å². The van der Waals surface area contributed by atoms with Gasteiger partial charge in [0, 0.05) is 33.9 Å². The van der Waals surface area contributed by atoms with Gasteiger partial charge in [0.05, 0.1) is 0 Å². The molecule has 0 bridgehead atoms. The molecule has 0 aliphatic rings. The topological polar surface area (TPSA) is 27.7 Å². The van der Waals surface area contributed by atoms with Gasteiger partial charge in [-0.15, -0.1) is 0 Å². The fraction of sp³-hybridized carbons (Fsp3) is 1.00. The summed E-state index contributed by atoms with van der Waals surface area (Å²) < 4.78 is 18.3. The minimum atomic E-state index is -2.43. The molecule has 0 amide bonds. The van der Waals surface area contributed by atoms with Crippen molar-refractivity contribution in [3.8, 4) is 0 Å². The first-order valence-corrected chi connectivity index (χ1v) is 13.4.